The summed E-state index contributed by atoms with van der Waals surface area (Å²) in [5.74, 6) is 0.812. The maximum Gasteiger partial charge on any atom is 0.0572 e. The van der Waals surface area contributed by atoms with E-state index >= 15 is 0 Å². The molecular weight excluding hydrogens is 260 g/mol. The van der Waals surface area contributed by atoms with Gasteiger partial charge in [-0.3, -0.25) is 4.98 Å². The van der Waals surface area contributed by atoms with Crippen molar-refractivity contribution in [2.75, 3.05) is 45.2 Å². The van der Waals surface area contributed by atoms with Gasteiger partial charge >= 0.3 is 0 Å². The van der Waals surface area contributed by atoms with Gasteiger partial charge in [-0.05, 0) is 64.5 Å². The minimum absolute atomic E-state index is 0.322. The van der Waals surface area contributed by atoms with Crippen LogP contribution in [0, 0.1) is 5.92 Å². The fourth-order valence-corrected chi connectivity index (χ4v) is 3.03. The van der Waals surface area contributed by atoms with Crippen molar-refractivity contribution in [3.63, 3.8) is 0 Å². The second-order valence-electron chi connectivity index (χ2n) is 6.35. The van der Waals surface area contributed by atoms with Crippen molar-refractivity contribution in [1.82, 2.24) is 15.2 Å². The first-order chi connectivity index (χ1) is 10.1. The zero-order valence-corrected chi connectivity index (χ0v) is 14.0. The van der Waals surface area contributed by atoms with Crippen LogP contribution in [-0.2, 0) is 0 Å². The van der Waals surface area contributed by atoms with Crippen LogP contribution in [0.3, 0.4) is 0 Å². The summed E-state index contributed by atoms with van der Waals surface area (Å²) in [6, 6.07) is 4.67. The zero-order valence-electron chi connectivity index (χ0n) is 14.0. The van der Waals surface area contributed by atoms with Crippen LogP contribution in [0.1, 0.15) is 38.4 Å². The molecule has 1 aromatic heterocycles. The number of piperidine rings is 1. The van der Waals surface area contributed by atoms with E-state index in [2.05, 4.69) is 60.2 Å². The number of nitrogens with zero attached hydrogens (tertiary/aromatic N) is 3. The highest BCUT2D eigenvalue weighted by Crippen LogP contribution is 2.21. The minimum atomic E-state index is 0.322. The van der Waals surface area contributed by atoms with Crippen LogP contribution >= 0.6 is 0 Å². The maximum absolute atomic E-state index is 4.61. The van der Waals surface area contributed by atoms with E-state index in [1.165, 1.54) is 31.6 Å². The van der Waals surface area contributed by atoms with Gasteiger partial charge in [-0.2, -0.15) is 0 Å². The van der Waals surface area contributed by atoms with Gasteiger partial charge in [0.2, 0.25) is 0 Å². The molecule has 0 aromatic carbocycles. The van der Waals surface area contributed by atoms with Crippen LogP contribution in [0.4, 0.5) is 5.69 Å². The third kappa shape index (κ3) is 4.68. The predicted octanol–water partition coefficient (Wildman–Crippen LogP) is 2.53. The lowest BCUT2D eigenvalue weighted by Gasteiger charge is -2.32. The summed E-state index contributed by atoms with van der Waals surface area (Å²) in [5.41, 5.74) is 2.34. The van der Waals surface area contributed by atoms with E-state index in [1.807, 2.05) is 6.20 Å². The smallest absolute Gasteiger partial charge is 0.0572 e. The number of hydrogen-bond acceptors (Lipinski definition) is 4. The molecule has 1 aliphatic rings. The van der Waals surface area contributed by atoms with Crippen molar-refractivity contribution < 1.29 is 0 Å². The number of rotatable bonds is 6. The van der Waals surface area contributed by atoms with E-state index in [9.17, 15) is 0 Å². The number of nitrogens with one attached hydrogen (secondary N) is 1. The van der Waals surface area contributed by atoms with Gasteiger partial charge in [0.05, 0.1) is 17.6 Å². The Morgan fingerprint density at radius 1 is 1.38 bits per heavy atom. The van der Waals surface area contributed by atoms with Gasteiger partial charge in [-0.15, -0.1) is 0 Å². The lowest BCUT2D eigenvalue weighted by Crippen LogP contribution is -2.35. The highest BCUT2D eigenvalue weighted by molar-refractivity contribution is 5.44. The molecule has 1 saturated heterocycles. The summed E-state index contributed by atoms with van der Waals surface area (Å²) < 4.78 is 0. The molecule has 0 spiro atoms. The van der Waals surface area contributed by atoms with E-state index in [-0.39, 0.29) is 0 Å². The molecule has 0 bridgehead atoms. The highest BCUT2D eigenvalue weighted by Gasteiger charge is 2.18. The molecule has 4 heteroatoms. The number of hydrogen-bond donors (Lipinski definition) is 1. The Kier molecular flexibility index (Phi) is 6.00. The van der Waals surface area contributed by atoms with Crippen molar-refractivity contribution in [3.05, 3.63) is 24.0 Å². The molecule has 0 saturated carbocycles. The third-order valence-corrected chi connectivity index (χ3v) is 4.54. The van der Waals surface area contributed by atoms with Crippen LogP contribution in [0.25, 0.3) is 0 Å². The first kappa shape index (κ1) is 16.2. The Labute approximate surface area is 129 Å². The average molecular weight is 290 g/mol. The monoisotopic (exact) mass is 290 g/mol. The Hall–Kier alpha value is -1.13. The molecule has 0 radical (unpaired) electrons. The summed E-state index contributed by atoms with van der Waals surface area (Å²) in [6.07, 6.45) is 4.63. The lowest BCUT2D eigenvalue weighted by molar-refractivity contribution is 0.222. The minimum Gasteiger partial charge on any atom is -0.373 e. The number of pyridine rings is 1. The molecule has 1 unspecified atom stereocenters. The van der Waals surface area contributed by atoms with Gasteiger partial charge in [0.15, 0.2) is 0 Å². The topological polar surface area (TPSA) is 31.4 Å². The zero-order chi connectivity index (χ0) is 15.2. The molecule has 2 heterocycles. The molecule has 0 aliphatic carbocycles. The van der Waals surface area contributed by atoms with Crippen molar-refractivity contribution in [2.24, 2.45) is 5.92 Å². The van der Waals surface area contributed by atoms with Gasteiger partial charge in [0.1, 0.15) is 0 Å². The number of anilines is 1. The van der Waals surface area contributed by atoms with Crippen LogP contribution < -0.4 is 10.2 Å². The molecule has 2 rings (SSSR count). The van der Waals surface area contributed by atoms with Gasteiger partial charge in [-0.1, -0.05) is 6.92 Å². The first-order valence-corrected chi connectivity index (χ1v) is 8.19. The Bertz CT molecular complexity index is 409. The summed E-state index contributed by atoms with van der Waals surface area (Å²) in [6.45, 7) is 8.86. The molecule has 0 amide bonds. The normalized spacial score (nSPS) is 18.7. The fourth-order valence-electron chi connectivity index (χ4n) is 3.03. The van der Waals surface area contributed by atoms with Crippen LogP contribution in [-0.4, -0.2) is 50.2 Å². The van der Waals surface area contributed by atoms with E-state index in [4.69, 9.17) is 0 Å². The first-order valence-electron chi connectivity index (χ1n) is 8.19. The average Bonchev–Trinajstić information content (AvgIpc) is 2.50. The Balaban J connectivity index is 1.89. The summed E-state index contributed by atoms with van der Waals surface area (Å²) in [4.78, 5) is 9.39. The summed E-state index contributed by atoms with van der Waals surface area (Å²) >= 11 is 0. The summed E-state index contributed by atoms with van der Waals surface area (Å²) in [7, 11) is 4.40. The van der Waals surface area contributed by atoms with E-state index in [0.29, 0.717) is 6.04 Å². The Morgan fingerprint density at radius 2 is 2.10 bits per heavy atom. The quantitative estimate of drug-likeness (QED) is 0.872. The van der Waals surface area contributed by atoms with E-state index in [1.54, 1.807) is 0 Å². The Morgan fingerprint density at radius 3 is 2.67 bits per heavy atom. The molecule has 1 aromatic rings. The predicted molar refractivity (Wildman–Crippen MR) is 89.8 cm³/mol. The molecule has 1 atom stereocenters. The standard InChI is InChI=1S/C17H30N4/c1-5-18-14(2)17-7-6-16(12-19-17)21(4)13-15-8-10-20(3)11-9-15/h6-7,12,14-15,18H,5,8-11,13H2,1-4H3. The van der Waals surface area contributed by atoms with Gasteiger partial charge in [0.25, 0.3) is 0 Å². The third-order valence-electron chi connectivity index (χ3n) is 4.54. The van der Waals surface area contributed by atoms with Crippen LogP contribution in [0.15, 0.2) is 18.3 Å². The lowest BCUT2D eigenvalue weighted by atomic mass is 9.96. The van der Waals surface area contributed by atoms with Crippen LogP contribution in [0.2, 0.25) is 0 Å². The van der Waals surface area contributed by atoms with Gasteiger partial charge in [-0.25, -0.2) is 0 Å². The van der Waals surface area contributed by atoms with Crippen molar-refractivity contribution >= 4 is 5.69 Å². The van der Waals surface area contributed by atoms with Gasteiger partial charge in [0, 0.05) is 19.6 Å². The van der Waals surface area contributed by atoms with Crippen molar-refractivity contribution in [1.29, 1.82) is 0 Å². The van der Waals surface area contributed by atoms with Crippen molar-refractivity contribution in [3.8, 4) is 0 Å². The second kappa shape index (κ2) is 7.76. The SMILES string of the molecule is CCNC(C)c1ccc(N(C)CC2CCN(C)CC2)cn1. The number of likely N-dealkylation sites (tertiary alicyclic amines) is 1. The van der Waals surface area contributed by atoms with Crippen LogP contribution in [0.5, 0.6) is 0 Å². The van der Waals surface area contributed by atoms with Gasteiger partial charge < -0.3 is 15.1 Å². The molecule has 4 nitrogen and oxygen atoms in total. The molecule has 21 heavy (non-hydrogen) atoms. The summed E-state index contributed by atoms with van der Waals surface area (Å²) in [5, 5.41) is 3.40. The molecule has 1 N–H and O–H groups in total. The second-order valence-corrected chi connectivity index (χ2v) is 6.35. The number of aromatic nitrogens is 1. The largest absolute Gasteiger partial charge is 0.373 e. The van der Waals surface area contributed by atoms with E-state index in [0.717, 1.165) is 24.7 Å². The fraction of sp³-hybridized carbons (Fsp3) is 0.706. The molecule has 1 aliphatic heterocycles. The van der Waals surface area contributed by atoms with Crippen molar-refractivity contribution in [2.45, 2.75) is 32.7 Å². The molecular formula is C17H30N4. The molecule has 118 valence electrons. The highest BCUT2D eigenvalue weighted by atomic mass is 15.1. The maximum atomic E-state index is 4.61. The molecule has 1 fully saturated rings. The van der Waals surface area contributed by atoms with E-state index < -0.39 is 0 Å².